The Bertz CT molecular complexity index is 599. The van der Waals surface area contributed by atoms with Crippen molar-refractivity contribution in [1.29, 1.82) is 0 Å². The minimum Gasteiger partial charge on any atom is -0.435 e. The van der Waals surface area contributed by atoms with E-state index in [1.165, 1.54) is 36.4 Å². The molecule has 1 N–H and O–H groups in total. The fourth-order valence-corrected chi connectivity index (χ4v) is 1.91. The summed E-state index contributed by atoms with van der Waals surface area (Å²) in [6, 6.07) is 9.94. The highest BCUT2D eigenvalue weighted by Crippen LogP contribution is 2.28. The lowest BCUT2D eigenvalue weighted by atomic mass is 9.99. The first-order valence-corrected chi connectivity index (χ1v) is 5.96. The van der Waals surface area contributed by atoms with Gasteiger partial charge in [-0.15, -0.1) is 0 Å². The van der Waals surface area contributed by atoms with Crippen molar-refractivity contribution in [3.8, 4) is 5.75 Å². The molecule has 0 fully saturated rings. The quantitative estimate of drug-likeness (QED) is 0.923. The summed E-state index contributed by atoms with van der Waals surface area (Å²) in [7, 11) is 0. The maximum Gasteiger partial charge on any atom is 0.387 e. The summed E-state index contributed by atoms with van der Waals surface area (Å²) >= 11 is 0. The summed E-state index contributed by atoms with van der Waals surface area (Å²) in [6.07, 6.45) is -1.24. The van der Waals surface area contributed by atoms with Gasteiger partial charge in [-0.05, 0) is 30.7 Å². The molecule has 106 valence electrons. The summed E-state index contributed by atoms with van der Waals surface area (Å²) in [6.45, 7) is -1.18. The number of aryl methyl sites for hydroxylation is 1. The third-order valence-corrected chi connectivity index (χ3v) is 2.85. The van der Waals surface area contributed by atoms with Crippen molar-refractivity contribution in [2.75, 3.05) is 0 Å². The van der Waals surface area contributed by atoms with Gasteiger partial charge in [0.1, 0.15) is 17.7 Å². The van der Waals surface area contributed by atoms with Crippen molar-refractivity contribution in [2.24, 2.45) is 0 Å². The first kappa shape index (κ1) is 14.4. The van der Waals surface area contributed by atoms with E-state index < -0.39 is 18.5 Å². The van der Waals surface area contributed by atoms with Crippen LogP contribution in [0, 0.1) is 12.7 Å². The summed E-state index contributed by atoms with van der Waals surface area (Å²) in [5, 5.41) is 10.2. The Kier molecular flexibility index (Phi) is 4.29. The molecule has 0 radical (unpaired) electrons. The van der Waals surface area contributed by atoms with Crippen LogP contribution < -0.4 is 4.74 Å². The molecule has 20 heavy (non-hydrogen) atoms. The van der Waals surface area contributed by atoms with E-state index in [1.54, 1.807) is 13.0 Å². The van der Waals surface area contributed by atoms with Gasteiger partial charge in [0.2, 0.25) is 0 Å². The molecular weight excluding hydrogens is 269 g/mol. The fourth-order valence-electron chi connectivity index (χ4n) is 1.91. The zero-order valence-electron chi connectivity index (χ0n) is 10.7. The lowest BCUT2D eigenvalue weighted by Gasteiger charge is -2.14. The third-order valence-electron chi connectivity index (χ3n) is 2.85. The van der Waals surface area contributed by atoms with Crippen LogP contribution in [0.15, 0.2) is 42.5 Å². The van der Waals surface area contributed by atoms with Crippen LogP contribution in [0.2, 0.25) is 0 Å². The summed E-state index contributed by atoms with van der Waals surface area (Å²) < 4.78 is 42.3. The maximum atomic E-state index is 13.7. The summed E-state index contributed by atoms with van der Waals surface area (Å²) in [5.74, 6) is -0.632. The number of ether oxygens (including phenoxy) is 1. The molecule has 0 aromatic heterocycles. The van der Waals surface area contributed by atoms with E-state index in [4.69, 9.17) is 0 Å². The minimum absolute atomic E-state index is 0.0791. The van der Waals surface area contributed by atoms with E-state index in [0.29, 0.717) is 0 Å². The van der Waals surface area contributed by atoms with Crippen LogP contribution in [0.1, 0.15) is 22.8 Å². The topological polar surface area (TPSA) is 29.5 Å². The Balaban J connectivity index is 2.33. The van der Waals surface area contributed by atoms with Crippen molar-refractivity contribution in [3.05, 3.63) is 65.0 Å². The number of aliphatic hydroxyl groups is 1. The van der Waals surface area contributed by atoms with Crippen molar-refractivity contribution in [1.82, 2.24) is 0 Å². The fraction of sp³-hybridized carbons (Fsp3) is 0.200. The number of benzene rings is 2. The van der Waals surface area contributed by atoms with Gasteiger partial charge in [-0.1, -0.05) is 29.8 Å². The second-order valence-corrected chi connectivity index (χ2v) is 4.38. The molecule has 1 unspecified atom stereocenters. The van der Waals surface area contributed by atoms with Crippen LogP contribution >= 0.6 is 0 Å². The SMILES string of the molecule is Cc1ccc(F)c(C(O)c2cccc(OC(F)F)c2)c1. The highest BCUT2D eigenvalue weighted by molar-refractivity contribution is 5.37. The standard InChI is InChI=1S/C15H13F3O2/c1-9-5-6-13(16)12(7-9)14(19)10-3-2-4-11(8-10)20-15(17)18/h2-8,14-15,19H,1H3. The maximum absolute atomic E-state index is 13.7. The summed E-state index contributed by atoms with van der Waals surface area (Å²) in [4.78, 5) is 0. The normalized spacial score (nSPS) is 12.5. The molecule has 2 aromatic rings. The number of hydrogen-bond acceptors (Lipinski definition) is 2. The Morgan fingerprint density at radius 2 is 1.85 bits per heavy atom. The molecular formula is C15H13F3O2. The second-order valence-electron chi connectivity index (χ2n) is 4.38. The van der Waals surface area contributed by atoms with E-state index in [9.17, 15) is 18.3 Å². The lowest BCUT2D eigenvalue weighted by Crippen LogP contribution is -2.05. The molecule has 2 aromatic carbocycles. The second kappa shape index (κ2) is 5.96. The molecule has 0 aliphatic heterocycles. The summed E-state index contributed by atoms with van der Waals surface area (Å²) in [5.41, 5.74) is 1.17. The van der Waals surface area contributed by atoms with Crippen LogP contribution in [0.4, 0.5) is 13.2 Å². The van der Waals surface area contributed by atoms with Gasteiger partial charge in [0.25, 0.3) is 0 Å². The Morgan fingerprint density at radius 1 is 1.10 bits per heavy atom. The average molecular weight is 282 g/mol. The Hall–Kier alpha value is -2.01. The van der Waals surface area contributed by atoms with Crippen LogP contribution in [0.25, 0.3) is 0 Å². The van der Waals surface area contributed by atoms with Crippen molar-refractivity contribution >= 4 is 0 Å². The number of alkyl halides is 2. The molecule has 2 rings (SSSR count). The molecule has 0 spiro atoms. The number of aliphatic hydroxyl groups excluding tert-OH is 1. The Labute approximate surface area is 114 Å². The van der Waals surface area contributed by atoms with Crippen LogP contribution in [0.3, 0.4) is 0 Å². The number of halogens is 3. The van der Waals surface area contributed by atoms with Crippen molar-refractivity contribution in [3.63, 3.8) is 0 Å². The van der Waals surface area contributed by atoms with Gasteiger partial charge in [-0.2, -0.15) is 8.78 Å². The van der Waals surface area contributed by atoms with Gasteiger partial charge in [0, 0.05) is 5.56 Å². The van der Waals surface area contributed by atoms with Crippen LogP contribution in [-0.4, -0.2) is 11.7 Å². The Morgan fingerprint density at radius 3 is 2.55 bits per heavy atom. The van der Waals surface area contributed by atoms with Crippen molar-refractivity contribution in [2.45, 2.75) is 19.6 Å². The van der Waals surface area contributed by atoms with Gasteiger partial charge >= 0.3 is 6.61 Å². The molecule has 1 atom stereocenters. The van der Waals surface area contributed by atoms with E-state index in [0.717, 1.165) is 5.56 Å². The minimum atomic E-state index is -2.95. The zero-order valence-corrected chi connectivity index (χ0v) is 10.7. The van der Waals surface area contributed by atoms with Gasteiger partial charge in [-0.3, -0.25) is 0 Å². The number of hydrogen-bond donors (Lipinski definition) is 1. The van der Waals surface area contributed by atoms with Gasteiger partial charge < -0.3 is 9.84 Å². The van der Waals surface area contributed by atoms with Crippen LogP contribution in [0.5, 0.6) is 5.75 Å². The number of rotatable bonds is 4. The smallest absolute Gasteiger partial charge is 0.387 e. The molecule has 0 aliphatic carbocycles. The monoisotopic (exact) mass is 282 g/mol. The lowest BCUT2D eigenvalue weighted by molar-refractivity contribution is -0.0499. The van der Waals surface area contributed by atoms with Crippen molar-refractivity contribution < 1.29 is 23.0 Å². The molecule has 0 saturated heterocycles. The van der Waals surface area contributed by atoms with E-state index in [-0.39, 0.29) is 16.9 Å². The third kappa shape index (κ3) is 3.30. The highest BCUT2D eigenvalue weighted by Gasteiger charge is 2.16. The first-order chi connectivity index (χ1) is 9.47. The molecule has 0 aliphatic rings. The first-order valence-electron chi connectivity index (χ1n) is 5.96. The largest absolute Gasteiger partial charge is 0.435 e. The van der Waals surface area contributed by atoms with Gasteiger partial charge in [0.05, 0.1) is 0 Å². The average Bonchev–Trinajstić information content (AvgIpc) is 2.40. The van der Waals surface area contributed by atoms with E-state index >= 15 is 0 Å². The molecule has 5 heteroatoms. The van der Waals surface area contributed by atoms with E-state index in [1.807, 2.05) is 0 Å². The molecule has 0 bridgehead atoms. The van der Waals surface area contributed by atoms with Crippen LogP contribution in [-0.2, 0) is 0 Å². The molecule has 2 nitrogen and oxygen atoms in total. The molecule has 0 amide bonds. The highest BCUT2D eigenvalue weighted by atomic mass is 19.3. The predicted octanol–water partition coefficient (Wildman–Crippen LogP) is 3.82. The zero-order chi connectivity index (χ0) is 14.7. The van der Waals surface area contributed by atoms with E-state index in [2.05, 4.69) is 4.74 Å². The molecule has 0 heterocycles. The predicted molar refractivity (Wildman–Crippen MR) is 68.3 cm³/mol. The van der Waals surface area contributed by atoms with Gasteiger partial charge in [-0.25, -0.2) is 4.39 Å². The van der Waals surface area contributed by atoms with Gasteiger partial charge in [0.15, 0.2) is 0 Å². The molecule has 0 saturated carbocycles.